The lowest BCUT2D eigenvalue weighted by Gasteiger charge is -2.42. The summed E-state index contributed by atoms with van der Waals surface area (Å²) in [7, 11) is 1.57. The maximum atomic E-state index is 14.9. The van der Waals surface area contributed by atoms with Gasteiger partial charge in [0.1, 0.15) is 5.82 Å². The lowest BCUT2D eigenvalue weighted by molar-refractivity contribution is -0.138. The van der Waals surface area contributed by atoms with Crippen molar-refractivity contribution in [3.8, 4) is 5.88 Å². The third kappa shape index (κ3) is 6.02. The molecule has 2 heterocycles. The molecule has 6 heteroatoms. The molecule has 5 nitrogen and oxygen atoms in total. The topological polar surface area (TPSA) is 45.7 Å². The SMILES string of the molecule is C.COc1ncccc1CN(Cc1ccccc1F)C(=O)[C@H](C)N1CCc2ccccc2[C@@H]1c1cccc2ccccc12. The summed E-state index contributed by atoms with van der Waals surface area (Å²) in [6.45, 7) is 3.08. The van der Waals surface area contributed by atoms with Gasteiger partial charge >= 0.3 is 0 Å². The van der Waals surface area contributed by atoms with Gasteiger partial charge in [-0.3, -0.25) is 9.69 Å². The summed E-state index contributed by atoms with van der Waals surface area (Å²) in [5, 5.41) is 2.34. The average molecular weight is 576 g/mol. The van der Waals surface area contributed by atoms with Crippen molar-refractivity contribution in [1.29, 1.82) is 0 Å². The van der Waals surface area contributed by atoms with Crippen LogP contribution in [0.2, 0.25) is 0 Å². The van der Waals surface area contributed by atoms with Gasteiger partial charge in [-0.15, -0.1) is 0 Å². The second-order valence-electron chi connectivity index (χ2n) is 10.8. The molecule has 1 aliphatic heterocycles. The standard InChI is InChI=1S/C36H34FN3O2.CH4/c1-25(36(41)39(23-28-13-5-8-19-33(28)37)24-29-15-10-21-38-35(29)42-2)40-22-20-27-12-4-7-17-31(27)34(40)32-18-9-14-26-11-3-6-16-30(26)32;/h3-19,21,25,34H,20,22-24H2,1-2H3;1H4/t25-,34+;/m0./s1. The van der Waals surface area contributed by atoms with Crippen LogP contribution in [-0.2, 0) is 24.3 Å². The van der Waals surface area contributed by atoms with E-state index in [4.69, 9.17) is 4.74 Å². The average Bonchev–Trinajstić information content (AvgIpc) is 3.04. The molecule has 4 aromatic carbocycles. The summed E-state index contributed by atoms with van der Waals surface area (Å²) in [6, 6.07) is 33.1. The number of fused-ring (bicyclic) bond motifs is 2. The summed E-state index contributed by atoms with van der Waals surface area (Å²) in [5.41, 5.74) is 4.93. The van der Waals surface area contributed by atoms with Gasteiger partial charge in [-0.05, 0) is 52.9 Å². The highest BCUT2D eigenvalue weighted by Gasteiger charge is 2.37. The van der Waals surface area contributed by atoms with Crippen molar-refractivity contribution in [2.24, 2.45) is 0 Å². The zero-order valence-corrected chi connectivity index (χ0v) is 23.9. The van der Waals surface area contributed by atoms with E-state index >= 15 is 0 Å². The van der Waals surface area contributed by atoms with Gasteiger partial charge < -0.3 is 9.64 Å². The molecule has 0 fully saturated rings. The number of ether oxygens (including phenoxy) is 1. The van der Waals surface area contributed by atoms with Crippen LogP contribution in [0, 0.1) is 5.82 Å². The van der Waals surface area contributed by atoms with E-state index in [2.05, 4.69) is 76.6 Å². The predicted octanol–water partition coefficient (Wildman–Crippen LogP) is 7.58. The van der Waals surface area contributed by atoms with E-state index < -0.39 is 6.04 Å². The molecule has 0 saturated heterocycles. The van der Waals surface area contributed by atoms with Crippen LogP contribution in [-0.4, -0.2) is 40.4 Å². The molecule has 0 unspecified atom stereocenters. The minimum atomic E-state index is -0.475. The second-order valence-corrected chi connectivity index (χ2v) is 10.8. The van der Waals surface area contributed by atoms with Crippen molar-refractivity contribution in [3.05, 3.63) is 143 Å². The highest BCUT2D eigenvalue weighted by Crippen LogP contribution is 2.39. The molecule has 0 saturated carbocycles. The summed E-state index contributed by atoms with van der Waals surface area (Å²) >= 11 is 0. The van der Waals surface area contributed by atoms with Gasteiger partial charge in [0.2, 0.25) is 11.8 Å². The Morgan fingerprint density at radius 3 is 2.42 bits per heavy atom. The van der Waals surface area contributed by atoms with Gasteiger partial charge in [0.15, 0.2) is 0 Å². The molecule has 0 N–H and O–H groups in total. The first-order chi connectivity index (χ1) is 20.5. The van der Waals surface area contributed by atoms with Crippen molar-refractivity contribution < 1.29 is 13.9 Å². The molecular weight excluding hydrogens is 537 g/mol. The van der Waals surface area contributed by atoms with Crippen molar-refractivity contribution in [1.82, 2.24) is 14.8 Å². The largest absolute Gasteiger partial charge is 0.481 e. The Hall–Kier alpha value is -4.55. The first kappa shape index (κ1) is 29.9. The summed E-state index contributed by atoms with van der Waals surface area (Å²) in [5.74, 6) is 0.0485. The van der Waals surface area contributed by atoms with E-state index in [0.717, 1.165) is 18.5 Å². The number of methoxy groups -OCH3 is 1. The van der Waals surface area contributed by atoms with Crippen LogP contribution in [0.3, 0.4) is 0 Å². The molecule has 0 aliphatic carbocycles. The van der Waals surface area contributed by atoms with E-state index in [-0.39, 0.29) is 38.3 Å². The number of rotatable bonds is 8. The van der Waals surface area contributed by atoms with E-state index in [1.165, 1.54) is 33.5 Å². The Bertz CT molecular complexity index is 1720. The van der Waals surface area contributed by atoms with E-state index in [9.17, 15) is 9.18 Å². The maximum absolute atomic E-state index is 14.9. The number of aromatic nitrogens is 1. The van der Waals surface area contributed by atoms with E-state index in [1.54, 1.807) is 36.4 Å². The fourth-order valence-corrected chi connectivity index (χ4v) is 6.22. The molecule has 6 rings (SSSR count). The highest BCUT2D eigenvalue weighted by atomic mass is 19.1. The Kier molecular flexibility index (Phi) is 9.17. The zero-order valence-electron chi connectivity index (χ0n) is 23.9. The van der Waals surface area contributed by atoms with Gasteiger partial charge in [0.25, 0.3) is 0 Å². The molecule has 0 bridgehead atoms. The van der Waals surface area contributed by atoms with Crippen LogP contribution in [0.5, 0.6) is 5.88 Å². The third-order valence-corrected chi connectivity index (χ3v) is 8.33. The molecule has 5 aromatic rings. The minimum Gasteiger partial charge on any atom is -0.481 e. The van der Waals surface area contributed by atoms with Crippen LogP contribution >= 0.6 is 0 Å². The lowest BCUT2D eigenvalue weighted by Crippen LogP contribution is -2.50. The van der Waals surface area contributed by atoms with E-state index in [1.807, 2.05) is 19.1 Å². The number of amides is 1. The van der Waals surface area contributed by atoms with Crippen molar-refractivity contribution in [3.63, 3.8) is 0 Å². The number of carbonyl (C=O) groups is 1. The predicted molar refractivity (Wildman–Crippen MR) is 170 cm³/mol. The van der Waals surface area contributed by atoms with Gasteiger partial charge in [0, 0.05) is 30.4 Å². The van der Waals surface area contributed by atoms with Gasteiger partial charge in [-0.2, -0.15) is 0 Å². The molecule has 0 radical (unpaired) electrons. The fourth-order valence-electron chi connectivity index (χ4n) is 6.22. The smallest absolute Gasteiger partial charge is 0.240 e. The van der Waals surface area contributed by atoms with Crippen LogP contribution in [0.4, 0.5) is 4.39 Å². The van der Waals surface area contributed by atoms with Crippen LogP contribution in [0.25, 0.3) is 10.8 Å². The molecule has 2 atom stereocenters. The fraction of sp³-hybridized carbons (Fsp3) is 0.243. The Balaban J connectivity index is 0.00000368. The Morgan fingerprint density at radius 1 is 0.907 bits per heavy atom. The third-order valence-electron chi connectivity index (χ3n) is 8.33. The Morgan fingerprint density at radius 2 is 1.58 bits per heavy atom. The maximum Gasteiger partial charge on any atom is 0.240 e. The summed E-state index contributed by atoms with van der Waals surface area (Å²) in [4.78, 5) is 22.9. The van der Waals surface area contributed by atoms with Gasteiger partial charge in [-0.1, -0.05) is 98.4 Å². The highest BCUT2D eigenvalue weighted by molar-refractivity contribution is 5.87. The number of halogens is 1. The minimum absolute atomic E-state index is 0. The quantitative estimate of drug-likeness (QED) is 0.191. The summed E-state index contributed by atoms with van der Waals surface area (Å²) in [6.07, 6.45) is 2.51. The number of pyridine rings is 1. The zero-order chi connectivity index (χ0) is 29.1. The first-order valence-corrected chi connectivity index (χ1v) is 14.4. The molecule has 1 aliphatic rings. The second kappa shape index (κ2) is 13.2. The number of hydrogen-bond donors (Lipinski definition) is 0. The van der Waals surface area contributed by atoms with E-state index in [0.29, 0.717) is 11.4 Å². The van der Waals surface area contributed by atoms with Crippen LogP contribution in [0.1, 0.15) is 48.2 Å². The van der Waals surface area contributed by atoms with Gasteiger partial charge in [-0.25, -0.2) is 9.37 Å². The van der Waals surface area contributed by atoms with Crippen molar-refractivity contribution in [2.45, 2.75) is 45.9 Å². The lowest BCUT2D eigenvalue weighted by atomic mass is 9.85. The Labute approximate surface area is 253 Å². The molecule has 43 heavy (non-hydrogen) atoms. The normalized spacial score (nSPS) is 15.3. The van der Waals surface area contributed by atoms with Crippen LogP contribution in [0.15, 0.2) is 109 Å². The summed E-state index contributed by atoms with van der Waals surface area (Å²) < 4.78 is 20.4. The molecule has 220 valence electrons. The monoisotopic (exact) mass is 575 g/mol. The number of hydrogen-bond acceptors (Lipinski definition) is 4. The molecule has 1 aromatic heterocycles. The van der Waals surface area contributed by atoms with Crippen molar-refractivity contribution >= 4 is 16.7 Å². The molecule has 0 spiro atoms. The number of nitrogens with zero attached hydrogens (tertiary/aromatic N) is 3. The molecule has 1 amide bonds. The van der Waals surface area contributed by atoms with Gasteiger partial charge in [0.05, 0.1) is 25.7 Å². The number of carbonyl (C=O) groups excluding carboxylic acids is 1. The molecular formula is C37H38FN3O2. The first-order valence-electron chi connectivity index (χ1n) is 14.4. The van der Waals surface area contributed by atoms with Crippen LogP contribution < -0.4 is 4.74 Å². The van der Waals surface area contributed by atoms with Crippen molar-refractivity contribution in [2.75, 3.05) is 13.7 Å². The number of benzene rings is 4.